The van der Waals surface area contributed by atoms with Crippen LogP contribution in [0.25, 0.3) is 0 Å². The van der Waals surface area contributed by atoms with Gasteiger partial charge < -0.3 is 4.90 Å². The third-order valence-corrected chi connectivity index (χ3v) is 4.38. The normalized spacial score (nSPS) is 25.2. The van der Waals surface area contributed by atoms with Crippen molar-refractivity contribution >= 4 is 40.9 Å². The summed E-state index contributed by atoms with van der Waals surface area (Å²) in [5.41, 5.74) is -0.558. The Labute approximate surface area is 118 Å². The SMILES string of the molecule is CN1C(=O)c2cc(Cl)c(Cl)cc2C12CC(=O)NC2=O. The van der Waals surface area contributed by atoms with E-state index < -0.39 is 17.4 Å². The third-order valence-electron chi connectivity index (χ3n) is 3.66. The number of nitrogens with zero attached hydrogens (tertiary/aromatic N) is 1. The molecule has 98 valence electrons. The van der Waals surface area contributed by atoms with Crippen LogP contribution in [-0.4, -0.2) is 29.7 Å². The van der Waals surface area contributed by atoms with Crippen molar-refractivity contribution in [2.24, 2.45) is 0 Å². The lowest BCUT2D eigenvalue weighted by Crippen LogP contribution is -2.46. The maximum absolute atomic E-state index is 12.2. The van der Waals surface area contributed by atoms with Crippen molar-refractivity contribution < 1.29 is 14.4 Å². The summed E-state index contributed by atoms with van der Waals surface area (Å²) in [6, 6.07) is 2.92. The van der Waals surface area contributed by atoms with Gasteiger partial charge in [-0.1, -0.05) is 23.2 Å². The molecule has 1 fully saturated rings. The van der Waals surface area contributed by atoms with E-state index in [1.54, 1.807) is 0 Å². The lowest BCUT2D eigenvalue weighted by Gasteiger charge is -2.28. The van der Waals surface area contributed by atoms with Gasteiger partial charge in [-0.3, -0.25) is 19.7 Å². The van der Waals surface area contributed by atoms with Crippen LogP contribution < -0.4 is 5.32 Å². The van der Waals surface area contributed by atoms with E-state index in [0.29, 0.717) is 11.1 Å². The predicted octanol–water partition coefficient (Wildman–Crippen LogP) is 1.32. The molecule has 1 saturated heterocycles. The van der Waals surface area contributed by atoms with Crippen molar-refractivity contribution in [2.75, 3.05) is 7.05 Å². The number of imide groups is 1. The van der Waals surface area contributed by atoms with Crippen molar-refractivity contribution in [3.05, 3.63) is 33.3 Å². The zero-order valence-corrected chi connectivity index (χ0v) is 11.3. The van der Waals surface area contributed by atoms with E-state index >= 15 is 0 Å². The van der Waals surface area contributed by atoms with Gasteiger partial charge in [-0.25, -0.2) is 0 Å². The van der Waals surface area contributed by atoms with Gasteiger partial charge in [-0.05, 0) is 12.1 Å². The van der Waals surface area contributed by atoms with Gasteiger partial charge in [0.2, 0.25) is 5.91 Å². The minimum Gasteiger partial charge on any atom is -0.323 e. The van der Waals surface area contributed by atoms with E-state index in [0.717, 1.165) is 0 Å². The van der Waals surface area contributed by atoms with Gasteiger partial charge in [0.1, 0.15) is 0 Å². The van der Waals surface area contributed by atoms with Crippen LogP contribution in [0.4, 0.5) is 0 Å². The number of halogens is 2. The summed E-state index contributed by atoms with van der Waals surface area (Å²) in [4.78, 5) is 37.1. The molecule has 2 aliphatic heterocycles. The van der Waals surface area contributed by atoms with Gasteiger partial charge in [0, 0.05) is 18.2 Å². The quantitative estimate of drug-likeness (QED) is 0.735. The summed E-state index contributed by atoms with van der Waals surface area (Å²) in [6.45, 7) is 0. The highest BCUT2D eigenvalue weighted by Gasteiger charge is 2.58. The smallest absolute Gasteiger partial charge is 0.257 e. The Hall–Kier alpha value is -1.59. The first-order chi connectivity index (χ1) is 8.87. The van der Waals surface area contributed by atoms with Crippen LogP contribution in [0, 0.1) is 0 Å². The molecule has 0 radical (unpaired) electrons. The zero-order chi connectivity index (χ0) is 13.9. The average molecular weight is 299 g/mol. The summed E-state index contributed by atoms with van der Waals surface area (Å²) in [6.07, 6.45) is -0.0982. The van der Waals surface area contributed by atoms with E-state index in [2.05, 4.69) is 5.32 Å². The van der Waals surface area contributed by atoms with Gasteiger partial charge >= 0.3 is 0 Å². The molecular formula is C12H8Cl2N2O3. The monoisotopic (exact) mass is 298 g/mol. The maximum atomic E-state index is 12.2. The molecule has 19 heavy (non-hydrogen) atoms. The van der Waals surface area contributed by atoms with E-state index in [-0.39, 0.29) is 22.4 Å². The second kappa shape index (κ2) is 3.71. The summed E-state index contributed by atoms with van der Waals surface area (Å²) < 4.78 is 0. The lowest BCUT2D eigenvalue weighted by atomic mass is 9.88. The first kappa shape index (κ1) is 12.4. The van der Waals surface area contributed by atoms with Crippen molar-refractivity contribution in [1.29, 1.82) is 0 Å². The van der Waals surface area contributed by atoms with Crippen LogP contribution in [0.15, 0.2) is 12.1 Å². The number of carbonyl (C=O) groups is 3. The van der Waals surface area contributed by atoms with Gasteiger partial charge in [-0.15, -0.1) is 0 Å². The Balaban J connectivity index is 2.31. The number of hydrogen-bond donors (Lipinski definition) is 1. The molecule has 1 aromatic rings. The van der Waals surface area contributed by atoms with Gasteiger partial charge in [-0.2, -0.15) is 0 Å². The second-order valence-electron chi connectivity index (χ2n) is 4.59. The third kappa shape index (κ3) is 1.40. The van der Waals surface area contributed by atoms with Gasteiger partial charge in [0.25, 0.3) is 11.8 Å². The number of rotatable bonds is 0. The Morgan fingerprint density at radius 3 is 2.42 bits per heavy atom. The van der Waals surface area contributed by atoms with Crippen LogP contribution in [0.2, 0.25) is 10.0 Å². The van der Waals surface area contributed by atoms with Crippen LogP contribution in [0.3, 0.4) is 0 Å². The molecule has 5 nitrogen and oxygen atoms in total. The highest BCUT2D eigenvalue weighted by molar-refractivity contribution is 6.42. The molecule has 0 aromatic heterocycles. The number of fused-ring (bicyclic) bond motifs is 2. The van der Waals surface area contributed by atoms with Crippen molar-refractivity contribution in [2.45, 2.75) is 12.0 Å². The van der Waals surface area contributed by atoms with Crippen molar-refractivity contribution in [3.8, 4) is 0 Å². The maximum Gasteiger partial charge on any atom is 0.257 e. The van der Waals surface area contributed by atoms with E-state index in [4.69, 9.17) is 23.2 Å². The van der Waals surface area contributed by atoms with Gasteiger partial charge in [0.15, 0.2) is 5.54 Å². The second-order valence-corrected chi connectivity index (χ2v) is 5.40. The first-order valence-corrected chi connectivity index (χ1v) is 6.25. The molecule has 7 heteroatoms. The van der Waals surface area contributed by atoms with E-state index in [9.17, 15) is 14.4 Å². The van der Waals surface area contributed by atoms with E-state index in [1.165, 1.54) is 24.1 Å². The highest BCUT2D eigenvalue weighted by atomic mass is 35.5. The number of benzene rings is 1. The lowest BCUT2D eigenvalue weighted by molar-refractivity contribution is -0.128. The topological polar surface area (TPSA) is 66.5 Å². The van der Waals surface area contributed by atoms with Crippen molar-refractivity contribution in [3.63, 3.8) is 0 Å². The zero-order valence-electron chi connectivity index (χ0n) is 9.79. The summed E-state index contributed by atoms with van der Waals surface area (Å²) >= 11 is 11.9. The molecule has 2 heterocycles. The minimum absolute atomic E-state index is 0.0982. The molecule has 3 amide bonds. The van der Waals surface area contributed by atoms with E-state index in [1.807, 2.05) is 0 Å². The molecule has 0 bridgehead atoms. The number of nitrogens with one attached hydrogen (secondary N) is 1. The fourth-order valence-electron chi connectivity index (χ4n) is 2.68. The molecule has 2 aliphatic rings. The standard InChI is InChI=1S/C12H8Cl2N2O3/c1-16-10(18)5-2-7(13)8(14)3-6(5)12(16)4-9(17)15-11(12)19/h2-3H,4H2,1H3,(H,15,17,19). The molecule has 1 N–H and O–H groups in total. The molecule has 1 aromatic carbocycles. The Bertz CT molecular complexity index is 659. The molecule has 1 unspecified atom stereocenters. The molecule has 0 aliphatic carbocycles. The summed E-state index contributed by atoms with van der Waals surface area (Å²) in [5.74, 6) is -1.27. The Morgan fingerprint density at radius 1 is 1.21 bits per heavy atom. The van der Waals surface area contributed by atoms with Crippen molar-refractivity contribution in [1.82, 2.24) is 10.2 Å². The number of hydrogen-bond acceptors (Lipinski definition) is 3. The molecule has 3 rings (SSSR count). The molecule has 1 atom stereocenters. The molecule has 0 saturated carbocycles. The minimum atomic E-state index is -1.29. The Kier molecular flexibility index (Phi) is 2.43. The molecule has 1 spiro atoms. The number of likely N-dealkylation sites (N-methyl/N-ethyl adjacent to an activating group) is 1. The average Bonchev–Trinajstić information content (AvgIpc) is 2.74. The summed E-state index contributed by atoms with van der Waals surface area (Å²) in [7, 11) is 1.49. The highest BCUT2D eigenvalue weighted by Crippen LogP contribution is 2.45. The first-order valence-electron chi connectivity index (χ1n) is 5.50. The van der Waals surface area contributed by atoms with Crippen LogP contribution in [0.5, 0.6) is 0 Å². The van der Waals surface area contributed by atoms with Crippen LogP contribution >= 0.6 is 23.2 Å². The Morgan fingerprint density at radius 2 is 1.84 bits per heavy atom. The largest absolute Gasteiger partial charge is 0.323 e. The van der Waals surface area contributed by atoms with Gasteiger partial charge in [0.05, 0.1) is 16.5 Å². The number of carbonyl (C=O) groups excluding carboxylic acids is 3. The summed E-state index contributed by atoms with van der Waals surface area (Å²) in [5, 5.41) is 2.71. The van der Waals surface area contributed by atoms with Crippen LogP contribution in [0.1, 0.15) is 22.3 Å². The predicted molar refractivity (Wildman–Crippen MR) is 68.0 cm³/mol. The van der Waals surface area contributed by atoms with Crippen LogP contribution in [-0.2, 0) is 15.1 Å². The molecular weight excluding hydrogens is 291 g/mol. The fraction of sp³-hybridized carbons (Fsp3) is 0.250. The fourth-order valence-corrected chi connectivity index (χ4v) is 3.00. The number of amides is 3.